The first-order valence-electron chi connectivity index (χ1n) is 7.18. The Kier molecular flexibility index (Phi) is 5.80. The molecule has 11 heteroatoms. The summed E-state index contributed by atoms with van der Waals surface area (Å²) in [7, 11) is 0. The van der Waals surface area contributed by atoms with Gasteiger partial charge in [0.15, 0.2) is 23.3 Å². The van der Waals surface area contributed by atoms with Gasteiger partial charge in [-0.2, -0.15) is 5.26 Å². The number of esters is 1. The maximum atomic E-state index is 13.7. The van der Waals surface area contributed by atoms with Gasteiger partial charge in [-0.3, -0.25) is 4.79 Å². The minimum absolute atomic E-state index is 0.0321. The van der Waals surface area contributed by atoms with Crippen LogP contribution in [0, 0.1) is 47.3 Å². The van der Waals surface area contributed by atoms with Crippen LogP contribution in [-0.4, -0.2) is 18.5 Å². The summed E-state index contributed by atoms with van der Waals surface area (Å²) >= 11 is 0.570. The zero-order valence-corrected chi connectivity index (χ0v) is 14.5. The topological polar surface area (TPSA) is 79.2 Å². The fraction of sp³-hybridized carbons (Fsp3) is 0.188. The van der Waals surface area contributed by atoms with Crippen molar-refractivity contribution in [2.24, 2.45) is 0 Å². The Hall–Kier alpha value is -3.00. The second-order valence-corrected chi connectivity index (χ2v) is 6.01. The van der Waals surface area contributed by atoms with Gasteiger partial charge in [0.25, 0.3) is 5.91 Å². The number of nitrogens with zero attached hydrogens (tertiary/aromatic N) is 1. The average molecular weight is 404 g/mol. The largest absolute Gasteiger partial charge is 0.462 e. The highest BCUT2D eigenvalue weighted by atomic mass is 32.1. The van der Waals surface area contributed by atoms with Crippen LogP contribution in [0.25, 0.3) is 0 Å². The lowest BCUT2D eigenvalue weighted by Crippen LogP contribution is -2.19. The highest BCUT2D eigenvalue weighted by Gasteiger charge is 2.31. The lowest BCUT2D eigenvalue weighted by atomic mass is 10.1. The van der Waals surface area contributed by atoms with E-state index >= 15 is 0 Å². The van der Waals surface area contributed by atoms with Gasteiger partial charge in [0.1, 0.15) is 21.5 Å². The summed E-state index contributed by atoms with van der Waals surface area (Å²) in [6.07, 6.45) is 0. The monoisotopic (exact) mass is 404 g/mol. The Bertz CT molecular complexity index is 968. The Labute approximate surface area is 153 Å². The van der Waals surface area contributed by atoms with Crippen molar-refractivity contribution >= 4 is 28.2 Å². The Morgan fingerprint density at radius 3 is 2.07 bits per heavy atom. The third kappa shape index (κ3) is 3.48. The second-order valence-electron chi connectivity index (χ2n) is 4.99. The lowest BCUT2D eigenvalue weighted by molar-refractivity contribution is 0.0531. The summed E-state index contributed by atoms with van der Waals surface area (Å²) in [4.78, 5) is 23.9. The molecule has 0 unspecified atom stereocenters. The number of thiophene rings is 1. The van der Waals surface area contributed by atoms with Crippen LogP contribution in [0.3, 0.4) is 0 Å². The summed E-state index contributed by atoms with van der Waals surface area (Å²) < 4.78 is 71.8. The number of benzene rings is 1. The molecule has 0 radical (unpaired) electrons. The number of hydrogen-bond donors (Lipinski definition) is 1. The summed E-state index contributed by atoms with van der Waals surface area (Å²) in [6, 6.07) is 1.69. The smallest absolute Gasteiger partial charge is 0.348 e. The first kappa shape index (κ1) is 20.3. The van der Waals surface area contributed by atoms with E-state index in [2.05, 4.69) is 0 Å². The van der Waals surface area contributed by atoms with E-state index in [9.17, 15) is 36.8 Å². The molecular weight excluding hydrogens is 395 g/mol. The van der Waals surface area contributed by atoms with Crippen LogP contribution in [-0.2, 0) is 4.74 Å². The molecule has 2 rings (SSSR count). The highest BCUT2D eigenvalue weighted by Crippen LogP contribution is 2.34. The molecular formula is C16H9F5N2O3S. The van der Waals surface area contributed by atoms with Crippen LogP contribution in [0.15, 0.2) is 0 Å². The molecule has 142 valence electrons. The fourth-order valence-corrected chi connectivity index (χ4v) is 3.14. The van der Waals surface area contributed by atoms with Gasteiger partial charge in [-0.25, -0.2) is 26.7 Å². The van der Waals surface area contributed by atoms with Crippen molar-refractivity contribution in [2.75, 3.05) is 11.9 Å². The number of halogens is 5. The molecule has 1 N–H and O–H groups in total. The van der Waals surface area contributed by atoms with E-state index in [0.717, 1.165) is 0 Å². The molecule has 0 bridgehead atoms. The first-order chi connectivity index (χ1) is 12.6. The average Bonchev–Trinajstić information content (AvgIpc) is 2.94. The number of nitriles is 1. The van der Waals surface area contributed by atoms with Gasteiger partial charge in [0, 0.05) is 0 Å². The molecule has 0 fully saturated rings. The molecule has 0 atom stereocenters. The maximum Gasteiger partial charge on any atom is 0.348 e. The number of carbonyl (C=O) groups excluding carboxylic acids is 2. The van der Waals surface area contributed by atoms with E-state index in [-0.39, 0.29) is 27.6 Å². The SMILES string of the molecule is CCOC(=O)c1sc(NC(=O)c2c(F)c(F)c(F)c(F)c2F)c(C#N)c1C. The molecule has 0 aliphatic heterocycles. The third-order valence-electron chi connectivity index (χ3n) is 3.38. The summed E-state index contributed by atoms with van der Waals surface area (Å²) in [5.74, 6) is -14.1. The lowest BCUT2D eigenvalue weighted by Gasteiger charge is -2.08. The zero-order chi connectivity index (χ0) is 20.5. The van der Waals surface area contributed by atoms with Crippen molar-refractivity contribution in [3.05, 3.63) is 50.7 Å². The van der Waals surface area contributed by atoms with Gasteiger partial charge < -0.3 is 10.1 Å². The van der Waals surface area contributed by atoms with Gasteiger partial charge in [0.05, 0.1) is 12.2 Å². The van der Waals surface area contributed by atoms with Crippen LogP contribution in [0.4, 0.5) is 27.0 Å². The van der Waals surface area contributed by atoms with Crippen molar-refractivity contribution in [3.8, 4) is 6.07 Å². The minimum Gasteiger partial charge on any atom is -0.462 e. The van der Waals surface area contributed by atoms with Crippen molar-refractivity contribution in [2.45, 2.75) is 13.8 Å². The van der Waals surface area contributed by atoms with E-state index < -0.39 is 46.5 Å². The van der Waals surface area contributed by atoms with E-state index in [1.54, 1.807) is 6.07 Å². The predicted molar refractivity (Wildman–Crippen MR) is 83.9 cm³/mol. The van der Waals surface area contributed by atoms with Crippen molar-refractivity contribution < 1.29 is 36.3 Å². The molecule has 1 aromatic heterocycles. The number of ether oxygens (including phenoxy) is 1. The van der Waals surface area contributed by atoms with Crippen LogP contribution >= 0.6 is 11.3 Å². The summed E-state index contributed by atoms with van der Waals surface area (Å²) in [6.45, 7) is 2.94. The number of rotatable bonds is 4. The number of nitrogens with one attached hydrogen (secondary N) is 1. The van der Waals surface area contributed by atoms with E-state index in [0.29, 0.717) is 11.3 Å². The van der Waals surface area contributed by atoms with E-state index in [4.69, 9.17) is 4.74 Å². The summed E-state index contributed by atoms with van der Waals surface area (Å²) in [5, 5.41) is 10.8. The molecule has 1 heterocycles. The van der Waals surface area contributed by atoms with E-state index in [1.807, 2.05) is 5.32 Å². The van der Waals surface area contributed by atoms with Gasteiger partial charge >= 0.3 is 5.97 Å². The molecule has 0 saturated heterocycles. The number of hydrogen-bond acceptors (Lipinski definition) is 5. The summed E-state index contributed by atoms with van der Waals surface area (Å²) in [5.41, 5.74) is -1.78. The Morgan fingerprint density at radius 1 is 1.07 bits per heavy atom. The molecule has 2 aromatic rings. The first-order valence-corrected chi connectivity index (χ1v) is 8.00. The zero-order valence-electron chi connectivity index (χ0n) is 13.7. The van der Waals surface area contributed by atoms with Gasteiger partial charge in [0.2, 0.25) is 5.82 Å². The second kappa shape index (κ2) is 7.71. The van der Waals surface area contributed by atoms with Crippen molar-refractivity contribution in [1.82, 2.24) is 0 Å². The molecule has 5 nitrogen and oxygen atoms in total. The van der Waals surface area contributed by atoms with Crippen molar-refractivity contribution in [1.29, 1.82) is 5.26 Å². The predicted octanol–water partition coefficient (Wildman–Crippen LogP) is 4.05. The van der Waals surface area contributed by atoms with Gasteiger partial charge in [-0.15, -0.1) is 11.3 Å². The van der Waals surface area contributed by atoms with E-state index in [1.165, 1.54) is 13.8 Å². The normalized spacial score (nSPS) is 10.4. The minimum atomic E-state index is -2.41. The molecule has 0 aliphatic rings. The number of anilines is 1. The van der Waals surface area contributed by atoms with Crippen LogP contribution in [0.2, 0.25) is 0 Å². The van der Waals surface area contributed by atoms with Crippen LogP contribution < -0.4 is 5.32 Å². The molecule has 27 heavy (non-hydrogen) atoms. The molecule has 0 saturated carbocycles. The van der Waals surface area contributed by atoms with Crippen LogP contribution in [0.5, 0.6) is 0 Å². The standard InChI is InChI=1S/C16H9F5N2O3S/c1-3-26-16(25)13-5(2)6(4-22)15(27-13)23-14(24)7-8(17)10(19)12(21)11(20)9(7)18/h3H2,1-2H3,(H,23,24). The molecule has 0 aliphatic carbocycles. The van der Waals surface area contributed by atoms with Gasteiger partial charge in [-0.1, -0.05) is 0 Å². The fourth-order valence-electron chi connectivity index (χ4n) is 2.10. The number of amides is 1. The number of carbonyl (C=O) groups is 2. The Morgan fingerprint density at radius 2 is 1.59 bits per heavy atom. The van der Waals surface area contributed by atoms with Crippen molar-refractivity contribution in [3.63, 3.8) is 0 Å². The third-order valence-corrected chi connectivity index (χ3v) is 4.57. The maximum absolute atomic E-state index is 13.7. The molecule has 1 aromatic carbocycles. The quantitative estimate of drug-likeness (QED) is 0.361. The van der Waals surface area contributed by atoms with Crippen LogP contribution in [0.1, 0.15) is 38.1 Å². The molecule has 1 amide bonds. The molecule has 0 spiro atoms. The Balaban J connectivity index is 2.50. The highest BCUT2D eigenvalue weighted by molar-refractivity contribution is 7.18. The van der Waals surface area contributed by atoms with Gasteiger partial charge in [-0.05, 0) is 19.4 Å².